The molecule has 0 bridgehead atoms. The number of benzene rings is 2. The Balaban J connectivity index is 1.23. The van der Waals surface area contributed by atoms with E-state index in [4.69, 9.17) is 0 Å². The van der Waals surface area contributed by atoms with Gasteiger partial charge < -0.3 is 10.6 Å². The summed E-state index contributed by atoms with van der Waals surface area (Å²) in [7, 11) is 0. The van der Waals surface area contributed by atoms with Gasteiger partial charge in [0.2, 0.25) is 17.7 Å². The fourth-order valence-electron chi connectivity index (χ4n) is 5.75. The Labute approximate surface area is 243 Å². The van der Waals surface area contributed by atoms with Crippen LogP contribution < -0.4 is 15.5 Å². The molecule has 0 aromatic heterocycles. The number of anilines is 3. The fraction of sp³-hybridized carbons (Fsp3) is 0.471. The van der Waals surface area contributed by atoms with Crippen molar-refractivity contribution in [2.45, 2.75) is 90.9 Å². The van der Waals surface area contributed by atoms with Crippen molar-refractivity contribution >= 4 is 40.7 Å². The minimum atomic E-state index is -0.317. The van der Waals surface area contributed by atoms with E-state index in [0.717, 1.165) is 18.4 Å². The van der Waals surface area contributed by atoms with Crippen LogP contribution in [0, 0.1) is 11.8 Å². The van der Waals surface area contributed by atoms with Gasteiger partial charge >= 0.3 is 0 Å². The van der Waals surface area contributed by atoms with Crippen molar-refractivity contribution < 1.29 is 19.2 Å². The van der Waals surface area contributed by atoms with E-state index in [1.807, 2.05) is 13.0 Å². The average molecular weight is 558 g/mol. The molecule has 2 aromatic rings. The van der Waals surface area contributed by atoms with Gasteiger partial charge in [-0.3, -0.25) is 24.1 Å². The van der Waals surface area contributed by atoms with Gasteiger partial charge in [-0.05, 0) is 68.7 Å². The molecule has 2 aliphatic rings. The Morgan fingerprint density at radius 1 is 0.805 bits per heavy atom. The Morgan fingerprint density at radius 2 is 1.41 bits per heavy atom. The molecule has 2 atom stereocenters. The standard InChI is InChI=1S/C34H43N3O4/c1-3-4-5-6-7-8-9-10-11-15-31(38)35-26-13-12-14-27(23-26)36-32(39)25-17-19-28(20-18-25)37-33(40)29-21-16-24(2)22-30(29)34(37)41/h12-14,16-20,23,29-30H,3-11,15,21-22H2,1-2H3,(H,35,38)(H,36,39)/t29-,30-/m0/s1. The highest BCUT2D eigenvalue weighted by Crippen LogP contribution is 2.39. The van der Waals surface area contributed by atoms with Crippen LogP contribution in [0.2, 0.25) is 0 Å². The number of carbonyl (C=O) groups excluding carboxylic acids is 4. The maximum Gasteiger partial charge on any atom is 0.255 e. The van der Waals surface area contributed by atoms with Crippen molar-refractivity contribution in [1.29, 1.82) is 0 Å². The van der Waals surface area contributed by atoms with E-state index in [2.05, 4.69) is 17.6 Å². The molecule has 4 amide bonds. The first-order valence-electron chi connectivity index (χ1n) is 15.2. The van der Waals surface area contributed by atoms with Crippen LogP contribution in [-0.2, 0) is 14.4 Å². The van der Waals surface area contributed by atoms with Crippen LogP contribution in [-0.4, -0.2) is 23.6 Å². The Hall–Kier alpha value is -3.74. The Morgan fingerprint density at radius 3 is 2.10 bits per heavy atom. The maximum absolute atomic E-state index is 13.0. The van der Waals surface area contributed by atoms with E-state index in [0.29, 0.717) is 41.9 Å². The fourth-order valence-corrected chi connectivity index (χ4v) is 5.75. The molecule has 1 aliphatic carbocycles. The first kappa shape index (κ1) is 30.2. The van der Waals surface area contributed by atoms with E-state index in [-0.39, 0.29) is 35.5 Å². The number of hydrogen-bond acceptors (Lipinski definition) is 4. The third-order valence-electron chi connectivity index (χ3n) is 8.12. The Bertz CT molecular complexity index is 1270. The van der Waals surface area contributed by atoms with Crippen LogP contribution in [0.4, 0.5) is 17.1 Å². The van der Waals surface area contributed by atoms with Crippen molar-refractivity contribution in [3.05, 3.63) is 65.7 Å². The van der Waals surface area contributed by atoms with E-state index in [9.17, 15) is 19.2 Å². The molecule has 218 valence electrons. The summed E-state index contributed by atoms with van der Waals surface area (Å²) in [5.74, 6) is -1.27. The molecule has 41 heavy (non-hydrogen) atoms. The summed E-state index contributed by atoms with van der Waals surface area (Å²) in [5.41, 5.74) is 3.24. The molecule has 4 rings (SSSR count). The van der Waals surface area contributed by atoms with Gasteiger partial charge in [-0.25, -0.2) is 0 Å². The highest BCUT2D eigenvalue weighted by Gasteiger charge is 2.48. The molecule has 7 heteroatoms. The SMILES string of the molecule is CCCCCCCCCCCC(=O)Nc1cccc(NC(=O)c2ccc(N3C(=O)[C@H]4CC=C(C)C[C@@H]4C3=O)cc2)c1. The monoisotopic (exact) mass is 557 g/mol. The second-order valence-electron chi connectivity index (χ2n) is 11.4. The highest BCUT2D eigenvalue weighted by molar-refractivity contribution is 6.22. The van der Waals surface area contributed by atoms with Crippen molar-refractivity contribution in [3.63, 3.8) is 0 Å². The van der Waals surface area contributed by atoms with Crippen molar-refractivity contribution in [2.24, 2.45) is 11.8 Å². The molecule has 0 radical (unpaired) electrons. The number of imide groups is 1. The zero-order chi connectivity index (χ0) is 29.2. The molecule has 1 heterocycles. The largest absolute Gasteiger partial charge is 0.326 e. The number of rotatable bonds is 14. The number of nitrogens with one attached hydrogen (secondary N) is 2. The van der Waals surface area contributed by atoms with Gasteiger partial charge in [-0.15, -0.1) is 0 Å². The van der Waals surface area contributed by atoms with E-state index < -0.39 is 0 Å². The topological polar surface area (TPSA) is 95.6 Å². The molecule has 0 unspecified atom stereocenters. The predicted octanol–water partition coefficient (Wildman–Crippen LogP) is 7.64. The van der Waals surface area contributed by atoms with Gasteiger partial charge in [0.05, 0.1) is 17.5 Å². The molecule has 0 spiro atoms. The summed E-state index contributed by atoms with van der Waals surface area (Å²) in [4.78, 5) is 52.5. The quantitative estimate of drug-likeness (QED) is 0.142. The second kappa shape index (κ2) is 14.8. The number of amides is 4. The van der Waals surface area contributed by atoms with Gasteiger partial charge in [-0.2, -0.15) is 0 Å². The van der Waals surface area contributed by atoms with Crippen LogP contribution in [0.15, 0.2) is 60.2 Å². The lowest BCUT2D eigenvalue weighted by atomic mass is 9.82. The zero-order valence-corrected chi connectivity index (χ0v) is 24.4. The van der Waals surface area contributed by atoms with Crippen LogP contribution in [0.1, 0.15) is 101 Å². The molecule has 1 saturated heterocycles. The van der Waals surface area contributed by atoms with Crippen LogP contribution in [0.25, 0.3) is 0 Å². The molecule has 0 saturated carbocycles. The number of allylic oxidation sites excluding steroid dienone is 2. The lowest BCUT2D eigenvalue weighted by Gasteiger charge is -2.18. The van der Waals surface area contributed by atoms with E-state index in [1.165, 1.54) is 49.8 Å². The summed E-state index contributed by atoms with van der Waals surface area (Å²) >= 11 is 0. The van der Waals surface area contributed by atoms with Crippen molar-refractivity contribution in [2.75, 3.05) is 15.5 Å². The summed E-state index contributed by atoms with van der Waals surface area (Å²) in [6.07, 6.45) is 14.6. The number of hydrogen-bond donors (Lipinski definition) is 2. The lowest BCUT2D eigenvalue weighted by molar-refractivity contribution is -0.122. The molecule has 7 nitrogen and oxygen atoms in total. The molecular formula is C34H43N3O4. The highest BCUT2D eigenvalue weighted by atomic mass is 16.2. The van der Waals surface area contributed by atoms with Crippen LogP contribution >= 0.6 is 0 Å². The molecule has 1 aliphatic heterocycles. The van der Waals surface area contributed by atoms with Gasteiger partial charge in [0, 0.05) is 23.4 Å². The van der Waals surface area contributed by atoms with Crippen LogP contribution in [0.5, 0.6) is 0 Å². The van der Waals surface area contributed by atoms with Crippen molar-refractivity contribution in [3.8, 4) is 0 Å². The first-order valence-corrected chi connectivity index (χ1v) is 15.2. The summed E-state index contributed by atoms with van der Waals surface area (Å²) in [6, 6.07) is 13.6. The van der Waals surface area contributed by atoms with E-state index >= 15 is 0 Å². The number of unbranched alkanes of at least 4 members (excludes halogenated alkanes) is 8. The lowest BCUT2D eigenvalue weighted by Crippen LogP contribution is -2.30. The van der Waals surface area contributed by atoms with E-state index in [1.54, 1.807) is 48.5 Å². The molecule has 2 N–H and O–H groups in total. The summed E-state index contributed by atoms with van der Waals surface area (Å²) < 4.78 is 0. The molecule has 1 fully saturated rings. The Kier molecular flexibility index (Phi) is 10.9. The number of nitrogens with zero attached hydrogens (tertiary/aromatic N) is 1. The zero-order valence-electron chi connectivity index (χ0n) is 24.4. The summed E-state index contributed by atoms with van der Waals surface area (Å²) in [6.45, 7) is 4.22. The number of fused-ring (bicyclic) bond motifs is 1. The van der Waals surface area contributed by atoms with Crippen molar-refractivity contribution in [1.82, 2.24) is 0 Å². The van der Waals surface area contributed by atoms with Gasteiger partial charge in [0.25, 0.3) is 5.91 Å². The van der Waals surface area contributed by atoms with Gasteiger partial charge in [0.15, 0.2) is 0 Å². The number of carbonyl (C=O) groups is 4. The second-order valence-corrected chi connectivity index (χ2v) is 11.4. The normalized spacial score (nSPS) is 18.2. The summed E-state index contributed by atoms with van der Waals surface area (Å²) in [5, 5.41) is 5.79. The first-order chi connectivity index (χ1) is 19.9. The molecule has 2 aromatic carbocycles. The average Bonchev–Trinajstić information content (AvgIpc) is 3.21. The third-order valence-corrected chi connectivity index (χ3v) is 8.12. The minimum Gasteiger partial charge on any atom is -0.326 e. The van der Waals surface area contributed by atoms with Crippen LogP contribution in [0.3, 0.4) is 0 Å². The minimum absolute atomic E-state index is 0.0243. The molecular weight excluding hydrogens is 514 g/mol. The smallest absolute Gasteiger partial charge is 0.255 e. The van der Waals surface area contributed by atoms with Gasteiger partial charge in [0.1, 0.15) is 0 Å². The third kappa shape index (κ3) is 8.15. The maximum atomic E-state index is 13.0. The predicted molar refractivity (Wildman–Crippen MR) is 164 cm³/mol. The van der Waals surface area contributed by atoms with Gasteiger partial charge in [-0.1, -0.05) is 76.0 Å².